The van der Waals surface area contributed by atoms with Gasteiger partial charge in [0.2, 0.25) is 0 Å². The van der Waals surface area contributed by atoms with Crippen LogP contribution in [-0.2, 0) is 0 Å². The van der Waals surface area contributed by atoms with Gasteiger partial charge in [0.05, 0.1) is 6.67 Å². The fraction of sp³-hybridized carbons (Fsp3) is 0.400. The molecule has 0 unspecified atom stereocenters. The summed E-state index contributed by atoms with van der Waals surface area (Å²) in [5.74, 6) is -0.529. The quantitative estimate of drug-likeness (QED) is 0.616. The third-order valence-corrected chi connectivity index (χ3v) is 1.42. The van der Waals surface area contributed by atoms with Gasteiger partial charge in [0.1, 0.15) is 6.67 Å². The average Bonchev–Trinajstić information content (AvgIpc) is 1.95. The first-order chi connectivity index (χ1) is 4.74. The van der Waals surface area contributed by atoms with Crippen LogP contribution in [0.1, 0.15) is 0 Å². The van der Waals surface area contributed by atoms with Gasteiger partial charge in [-0.05, 0) is 0 Å². The van der Waals surface area contributed by atoms with Gasteiger partial charge in [0.25, 0.3) is 0 Å². The first kappa shape index (κ1) is 7.50. The molecule has 56 valence electrons. The standard InChI is InChI=1S/C5H7ClFN3/c6-5-4(7)1-10(2-8)3-9-5/h1H,2-3,8H2. The van der Waals surface area contributed by atoms with Crippen LogP contribution in [0, 0.1) is 0 Å². The number of hydrogen-bond acceptors (Lipinski definition) is 3. The molecule has 0 bridgehead atoms. The highest BCUT2D eigenvalue weighted by molar-refractivity contribution is 6.69. The van der Waals surface area contributed by atoms with Crippen LogP contribution < -0.4 is 5.73 Å². The molecule has 0 saturated carbocycles. The Bertz CT molecular complexity index is 189. The summed E-state index contributed by atoms with van der Waals surface area (Å²) < 4.78 is 12.5. The fourth-order valence-electron chi connectivity index (χ4n) is 0.593. The molecule has 0 aromatic carbocycles. The Morgan fingerprint density at radius 2 is 2.60 bits per heavy atom. The molecular weight excluding hydrogens is 157 g/mol. The second-order valence-corrected chi connectivity index (χ2v) is 2.20. The molecule has 0 aromatic rings. The highest BCUT2D eigenvalue weighted by Gasteiger charge is 2.10. The van der Waals surface area contributed by atoms with Crippen molar-refractivity contribution in [3.05, 3.63) is 12.0 Å². The topological polar surface area (TPSA) is 41.6 Å². The van der Waals surface area contributed by atoms with Gasteiger partial charge in [0, 0.05) is 6.20 Å². The molecule has 0 aliphatic carbocycles. The van der Waals surface area contributed by atoms with Crippen molar-refractivity contribution in [1.29, 1.82) is 0 Å². The maximum atomic E-state index is 12.5. The zero-order valence-electron chi connectivity index (χ0n) is 5.22. The summed E-state index contributed by atoms with van der Waals surface area (Å²) in [7, 11) is 0. The summed E-state index contributed by atoms with van der Waals surface area (Å²) in [6.07, 6.45) is 1.25. The lowest BCUT2D eigenvalue weighted by Gasteiger charge is -2.18. The molecule has 0 fully saturated rings. The van der Waals surface area contributed by atoms with E-state index in [0.717, 1.165) is 0 Å². The normalized spacial score (nSPS) is 18.5. The molecular formula is C5H7ClFN3. The van der Waals surface area contributed by atoms with Gasteiger partial charge in [-0.2, -0.15) is 0 Å². The van der Waals surface area contributed by atoms with Crippen molar-refractivity contribution in [2.45, 2.75) is 0 Å². The second kappa shape index (κ2) is 2.98. The number of hydrogen-bond donors (Lipinski definition) is 1. The first-order valence-electron chi connectivity index (χ1n) is 2.76. The highest BCUT2D eigenvalue weighted by Crippen LogP contribution is 2.10. The summed E-state index contributed by atoms with van der Waals surface area (Å²) in [6.45, 7) is 0.587. The minimum atomic E-state index is -0.529. The summed E-state index contributed by atoms with van der Waals surface area (Å²) in [5.41, 5.74) is 5.21. The Morgan fingerprint density at radius 1 is 1.90 bits per heavy atom. The number of halogens is 2. The largest absolute Gasteiger partial charge is 0.343 e. The van der Waals surface area contributed by atoms with E-state index in [9.17, 15) is 4.39 Å². The van der Waals surface area contributed by atoms with E-state index in [-0.39, 0.29) is 11.8 Å². The van der Waals surface area contributed by atoms with Crippen molar-refractivity contribution in [1.82, 2.24) is 4.90 Å². The van der Waals surface area contributed by atoms with Crippen LogP contribution in [0.15, 0.2) is 17.0 Å². The Kier molecular flexibility index (Phi) is 2.24. The molecule has 0 aromatic heterocycles. The molecule has 0 amide bonds. The predicted octanol–water partition coefficient (Wildman–Crippen LogP) is 0.624. The third-order valence-electron chi connectivity index (χ3n) is 1.12. The van der Waals surface area contributed by atoms with Gasteiger partial charge >= 0.3 is 0 Å². The molecule has 0 radical (unpaired) electrons. The zero-order chi connectivity index (χ0) is 7.56. The summed E-state index contributed by atoms with van der Waals surface area (Å²) in [4.78, 5) is 5.16. The number of aliphatic imine (C=N–C) groups is 1. The second-order valence-electron chi connectivity index (χ2n) is 1.84. The van der Waals surface area contributed by atoms with Gasteiger partial charge in [-0.15, -0.1) is 0 Å². The molecule has 1 heterocycles. The van der Waals surface area contributed by atoms with Gasteiger partial charge in [-0.1, -0.05) is 11.6 Å². The van der Waals surface area contributed by atoms with E-state index in [1.807, 2.05) is 0 Å². The lowest BCUT2D eigenvalue weighted by molar-refractivity contribution is 0.383. The molecule has 10 heavy (non-hydrogen) atoms. The smallest absolute Gasteiger partial charge is 0.175 e. The van der Waals surface area contributed by atoms with Gasteiger partial charge < -0.3 is 10.6 Å². The van der Waals surface area contributed by atoms with Crippen LogP contribution >= 0.6 is 11.6 Å². The van der Waals surface area contributed by atoms with Crippen molar-refractivity contribution < 1.29 is 4.39 Å². The fourth-order valence-corrected chi connectivity index (χ4v) is 0.696. The minimum absolute atomic E-state index is 0.0790. The molecule has 1 aliphatic heterocycles. The predicted molar refractivity (Wildman–Crippen MR) is 38.2 cm³/mol. The molecule has 0 atom stereocenters. The Morgan fingerprint density at radius 3 is 3.10 bits per heavy atom. The van der Waals surface area contributed by atoms with Gasteiger partial charge in [-0.3, -0.25) is 0 Å². The molecule has 5 heteroatoms. The van der Waals surface area contributed by atoms with Crippen LogP contribution in [0.4, 0.5) is 4.39 Å². The summed E-state index contributed by atoms with van der Waals surface area (Å²) in [6, 6.07) is 0. The molecule has 2 N–H and O–H groups in total. The van der Waals surface area contributed by atoms with E-state index in [2.05, 4.69) is 4.99 Å². The number of rotatable bonds is 1. The monoisotopic (exact) mass is 163 g/mol. The number of nitrogens with two attached hydrogens (primary N) is 1. The Labute approximate surface area is 63.0 Å². The van der Waals surface area contributed by atoms with E-state index >= 15 is 0 Å². The van der Waals surface area contributed by atoms with Gasteiger partial charge in [-0.25, -0.2) is 9.38 Å². The van der Waals surface area contributed by atoms with Crippen LogP contribution in [0.3, 0.4) is 0 Å². The maximum Gasteiger partial charge on any atom is 0.175 e. The summed E-state index contributed by atoms with van der Waals surface area (Å²) in [5, 5.41) is -0.0790. The lowest BCUT2D eigenvalue weighted by atomic mass is 10.5. The van der Waals surface area contributed by atoms with Crippen LogP contribution in [-0.4, -0.2) is 23.4 Å². The van der Waals surface area contributed by atoms with Crippen LogP contribution in [0.2, 0.25) is 0 Å². The SMILES string of the molecule is NCN1C=C(F)C(Cl)=NC1. The van der Waals surface area contributed by atoms with Crippen molar-refractivity contribution in [2.75, 3.05) is 13.3 Å². The molecule has 0 saturated heterocycles. The lowest BCUT2D eigenvalue weighted by Crippen LogP contribution is -2.28. The van der Waals surface area contributed by atoms with E-state index < -0.39 is 5.83 Å². The van der Waals surface area contributed by atoms with E-state index in [4.69, 9.17) is 17.3 Å². The molecule has 1 aliphatic rings. The highest BCUT2D eigenvalue weighted by atomic mass is 35.5. The molecule has 0 spiro atoms. The average molecular weight is 164 g/mol. The number of nitrogens with zero attached hydrogens (tertiary/aromatic N) is 2. The van der Waals surface area contributed by atoms with Crippen LogP contribution in [0.25, 0.3) is 0 Å². The van der Waals surface area contributed by atoms with Crippen molar-refractivity contribution >= 4 is 16.8 Å². The van der Waals surface area contributed by atoms with Crippen molar-refractivity contribution in [2.24, 2.45) is 10.7 Å². The molecule has 3 nitrogen and oxygen atoms in total. The maximum absolute atomic E-state index is 12.5. The van der Waals surface area contributed by atoms with Gasteiger partial charge in [0.15, 0.2) is 11.0 Å². The van der Waals surface area contributed by atoms with Crippen molar-refractivity contribution in [3.8, 4) is 0 Å². The summed E-state index contributed by atoms with van der Waals surface area (Å²) >= 11 is 5.33. The Hall–Kier alpha value is -0.610. The first-order valence-corrected chi connectivity index (χ1v) is 3.13. The molecule has 1 rings (SSSR count). The zero-order valence-corrected chi connectivity index (χ0v) is 5.98. The van der Waals surface area contributed by atoms with Crippen molar-refractivity contribution in [3.63, 3.8) is 0 Å². The Balaban J connectivity index is 2.66. The van der Waals surface area contributed by atoms with E-state index in [0.29, 0.717) is 6.67 Å². The third kappa shape index (κ3) is 1.46. The van der Waals surface area contributed by atoms with E-state index in [1.54, 1.807) is 0 Å². The number of allylic oxidation sites excluding steroid dienone is 1. The minimum Gasteiger partial charge on any atom is -0.343 e. The van der Waals surface area contributed by atoms with E-state index in [1.165, 1.54) is 11.1 Å². The van der Waals surface area contributed by atoms with Crippen LogP contribution in [0.5, 0.6) is 0 Å².